The summed E-state index contributed by atoms with van der Waals surface area (Å²) in [6.45, 7) is 1.44. The van der Waals surface area contributed by atoms with Crippen LogP contribution in [-0.4, -0.2) is 35.9 Å². The first-order valence-electron chi connectivity index (χ1n) is 6.86. The highest BCUT2D eigenvalue weighted by Gasteiger charge is 2.28. The molecule has 0 heterocycles. The maximum Gasteiger partial charge on any atom is 0.390 e. The van der Waals surface area contributed by atoms with E-state index in [0.29, 0.717) is 5.56 Å². The van der Waals surface area contributed by atoms with Gasteiger partial charge in [-0.3, -0.25) is 9.59 Å². The smallest absolute Gasteiger partial charge is 0.343 e. The van der Waals surface area contributed by atoms with E-state index in [-0.39, 0.29) is 31.7 Å². The average molecular weight is 380 g/mol. The van der Waals surface area contributed by atoms with Crippen LogP contribution in [0.15, 0.2) is 28.7 Å². The summed E-state index contributed by atoms with van der Waals surface area (Å²) in [5, 5.41) is 0. The number of alkyl halides is 3. The first-order chi connectivity index (χ1) is 10.2. The molecule has 0 fully saturated rings. The maximum absolute atomic E-state index is 12.2. The molecule has 0 aliphatic heterocycles. The number of hydrogen-bond donors (Lipinski definition) is 0. The summed E-state index contributed by atoms with van der Waals surface area (Å²) in [6, 6.07) is 6.71. The van der Waals surface area contributed by atoms with Crippen LogP contribution in [0, 0.1) is 0 Å². The molecule has 0 aliphatic rings. The Bertz CT molecular complexity index is 515. The molecular formula is C15H17BrF3NO2. The highest BCUT2D eigenvalue weighted by molar-refractivity contribution is 9.10. The quantitative estimate of drug-likeness (QED) is 0.665. The second-order valence-electron chi connectivity index (χ2n) is 4.77. The molecule has 3 nitrogen and oxygen atoms in total. The molecule has 0 atom stereocenters. The zero-order valence-electron chi connectivity index (χ0n) is 12.1. The molecule has 1 aromatic carbocycles. The highest BCUT2D eigenvalue weighted by Crippen LogP contribution is 2.20. The van der Waals surface area contributed by atoms with Gasteiger partial charge in [0.05, 0.1) is 6.42 Å². The van der Waals surface area contributed by atoms with E-state index in [2.05, 4.69) is 15.9 Å². The van der Waals surface area contributed by atoms with E-state index in [1.54, 1.807) is 31.2 Å². The monoisotopic (exact) mass is 379 g/mol. The van der Waals surface area contributed by atoms with Crippen LogP contribution in [0.25, 0.3) is 0 Å². The Kier molecular flexibility index (Phi) is 7.06. The van der Waals surface area contributed by atoms with Gasteiger partial charge in [0.1, 0.15) is 0 Å². The number of hydrogen-bond acceptors (Lipinski definition) is 2. The van der Waals surface area contributed by atoms with Gasteiger partial charge in [-0.15, -0.1) is 0 Å². The maximum atomic E-state index is 12.2. The summed E-state index contributed by atoms with van der Waals surface area (Å²) in [5.41, 5.74) is 0.481. The minimum absolute atomic E-state index is 0.0109. The fourth-order valence-electron chi connectivity index (χ4n) is 1.88. The van der Waals surface area contributed by atoms with E-state index in [9.17, 15) is 22.8 Å². The summed E-state index contributed by atoms with van der Waals surface area (Å²) in [7, 11) is 0. The zero-order valence-corrected chi connectivity index (χ0v) is 13.7. The Morgan fingerprint density at radius 3 is 2.23 bits per heavy atom. The first-order valence-corrected chi connectivity index (χ1v) is 7.65. The van der Waals surface area contributed by atoms with Crippen molar-refractivity contribution >= 4 is 27.6 Å². The highest BCUT2D eigenvalue weighted by atomic mass is 79.9. The van der Waals surface area contributed by atoms with Crippen LogP contribution in [0.1, 0.15) is 36.5 Å². The number of rotatable bonds is 7. The lowest BCUT2D eigenvalue weighted by molar-refractivity contribution is -0.145. The molecule has 1 rings (SSSR count). The molecule has 0 bridgehead atoms. The lowest BCUT2D eigenvalue weighted by Gasteiger charge is -2.21. The fraction of sp³-hybridized carbons (Fsp3) is 0.467. The normalized spacial score (nSPS) is 11.3. The summed E-state index contributed by atoms with van der Waals surface area (Å²) >= 11 is 3.25. The minimum atomic E-state index is -4.29. The Morgan fingerprint density at radius 1 is 1.14 bits per heavy atom. The standard InChI is InChI=1S/C15H17BrF3NO2/c1-2-20(10-9-15(17,18)19)14(22)8-7-13(21)11-3-5-12(16)6-4-11/h3-6H,2,7-10H2,1H3. The van der Waals surface area contributed by atoms with Crippen molar-refractivity contribution in [3.8, 4) is 0 Å². The second-order valence-corrected chi connectivity index (χ2v) is 5.68. The molecule has 122 valence electrons. The molecule has 7 heteroatoms. The van der Waals surface area contributed by atoms with Crippen molar-refractivity contribution in [3.05, 3.63) is 34.3 Å². The third kappa shape index (κ3) is 6.60. The van der Waals surface area contributed by atoms with Crippen LogP contribution in [0.3, 0.4) is 0 Å². The van der Waals surface area contributed by atoms with Crippen molar-refractivity contribution in [2.45, 2.75) is 32.4 Å². The number of carbonyl (C=O) groups is 2. The number of ketones is 1. The van der Waals surface area contributed by atoms with E-state index < -0.39 is 18.5 Å². The molecular weight excluding hydrogens is 363 g/mol. The van der Waals surface area contributed by atoms with Gasteiger partial charge in [0, 0.05) is 36.0 Å². The van der Waals surface area contributed by atoms with E-state index in [1.165, 1.54) is 0 Å². The molecule has 0 aromatic heterocycles. The first kappa shape index (κ1) is 18.7. The van der Waals surface area contributed by atoms with Crippen molar-refractivity contribution in [2.24, 2.45) is 0 Å². The average Bonchev–Trinajstić information content (AvgIpc) is 2.45. The molecule has 0 unspecified atom stereocenters. The van der Waals surface area contributed by atoms with Crippen molar-refractivity contribution in [2.75, 3.05) is 13.1 Å². The number of amides is 1. The van der Waals surface area contributed by atoms with E-state index in [0.717, 1.165) is 9.37 Å². The number of halogens is 4. The Hall–Kier alpha value is -1.37. The summed E-state index contributed by atoms with van der Waals surface area (Å²) in [4.78, 5) is 24.9. The van der Waals surface area contributed by atoms with Crippen LogP contribution in [-0.2, 0) is 4.79 Å². The predicted molar refractivity (Wildman–Crippen MR) is 80.6 cm³/mol. The van der Waals surface area contributed by atoms with E-state index in [4.69, 9.17) is 0 Å². The zero-order chi connectivity index (χ0) is 16.8. The Labute approximate surface area is 135 Å². The lowest BCUT2D eigenvalue weighted by atomic mass is 10.1. The van der Waals surface area contributed by atoms with Crippen LogP contribution in [0.5, 0.6) is 0 Å². The SMILES string of the molecule is CCN(CCC(F)(F)F)C(=O)CCC(=O)c1ccc(Br)cc1. The molecule has 22 heavy (non-hydrogen) atoms. The van der Waals surface area contributed by atoms with Gasteiger partial charge in [-0.2, -0.15) is 13.2 Å². The number of benzene rings is 1. The van der Waals surface area contributed by atoms with Gasteiger partial charge in [0.25, 0.3) is 0 Å². The van der Waals surface area contributed by atoms with Gasteiger partial charge >= 0.3 is 6.18 Å². The van der Waals surface area contributed by atoms with Gasteiger partial charge in [-0.05, 0) is 19.1 Å². The van der Waals surface area contributed by atoms with Gasteiger partial charge in [-0.25, -0.2) is 0 Å². The van der Waals surface area contributed by atoms with Gasteiger partial charge < -0.3 is 4.90 Å². The van der Waals surface area contributed by atoms with Crippen molar-refractivity contribution in [1.29, 1.82) is 0 Å². The largest absolute Gasteiger partial charge is 0.390 e. The number of Topliss-reactive ketones (excluding diaryl/α,β-unsaturated/α-hetero) is 1. The van der Waals surface area contributed by atoms with Crippen LogP contribution in [0.2, 0.25) is 0 Å². The minimum Gasteiger partial charge on any atom is -0.343 e. The predicted octanol–water partition coefficient (Wildman–Crippen LogP) is 4.21. The Balaban J connectivity index is 2.49. The van der Waals surface area contributed by atoms with E-state index in [1.807, 2.05) is 0 Å². The van der Waals surface area contributed by atoms with Crippen molar-refractivity contribution in [3.63, 3.8) is 0 Å². The van der Waals surface area contributed by atoms with Crippen molar-refractivity contribution < 1.29 is 22.8 Å². The molecule has 1 aromatic rings. The Morgan fingerprint density at radius 2 is 1.73 bits per heavy atom. The molecule has 0 aliphatic carbocycles. The third-order valence-electron chi connectivity index (χ3n) is 3.13. The molecule has 0 saturated carbocycles. The molecule has 0 saturated heterocycles. The summed E-state index contributed by atoms with van der Waals surface area (Å²) < 4.78 is 37.4. The van der Waals surface area contributed by atoms with Gasteiger partial charge in [0.2, 0.25) is 5.91 Å². The molecule has 1 amide bonds. The van der Waals surface area contributed by atoms with Crippen LogP contribution >= 0.6 is 15.9 Å². The van der Waals surface area contributed by atoms with Gasteiger partial charge in [0.15, 0.2) is 5.78 Å². The summed E-state index contributed by atoms with van der Waals surface area (Å²) in [5.74, 6) is -0.634. The topological polar surface area (TPSA) is 37.4 Å². The lowest BCUT2D eigenvalue weighted by Crippen LogP contribution is -2.34. The second kappa shape index (κ2) is 8.31. The van der Waals surface area contributed by atoms with Crippen LogP contribution in [0.4, 0.5) is 13.2 Å². The molecule has 0 radical (unpaired) electrons. The van der Waals surface area contributed by atoms with Gasteiger partial charge in [-0.1, -0.05) is 28.1 Å². The van der Waals surface area contributed by atoms with E-state index >= 15 is 0 Å². The number of nitrogens with zero attached hydrogens (tertiary/aromatic N) is 1. The van der Waals surface area contributed by atoms with Crippen molar-refractivity contribution in [1.82, 2.24) is 4.90 Å². The van der Waals surface area contributed by atoms with Crippen LogP contribution < -0.4 is 0 Å². The molecule has 0 spiro atoms. The third-order valence-corrected chi connectivity index (χ3v) is 3.66. The fourth-order valence-corrected chi connectivity index (χ4v) is 2.14. The molecule has 0 N–H and O–H groups in total. The number of carbonyl (C=O) groups excluding carboxylic acids is 2. The summed E-state index contributed by atoms with van der Waals surface area (Å²) in [6.07, 6.45) is -5.42.